The van der Waals surface area contributed by atoms with Gasteiger partial charge < -0.3 is 9.88 Å². The van der Waals surface area contributed by atoms with Crippen LogP contribution >= 0.6 is 11.6 Å². The Balaban J connectivity index is 1.44. The van der Waals surface area contributed by atoms with Crippen LogP contribution in [0.25, 0.3) is 11.0 Å². The minimum atomic E-state index is -0.00984. The Labute approximate surface area is 163 Å². The van der Waals surface area contributed by atoms with Gasteiger partial charge in [-0.3, -0.25) is 9.69 Å². The highest BCUT2D eigenvalue weighted by Gasteiger charge is 2.24. The lowest BCUT2D eigenvalue weighted by atomic mass is 10.1. The zero-order chi connectivity index (χ0) is 18.6. The number of imidazole rings is 1. The fourth-order valence-electron chi connectivity index (χ4n) is 3.78. The third kappa shape index (κ3) is 4.15. The number of carbonyl (C=O) groups is 1. The summed E-state index contributed by atoms with van der Waals surface area (Å²) in [7, 11) is 0. The lowest BCUT2D eigenvalue weighted by Gasteiger charge is -2.28. The number of likely N-dealkylation sites (tertiary alicyclic amines) is 1. The highest BCUT2D eigenvalue weighted by molar-refractivity contribution is 6.30. The largest absolute Gasteiger partial charge is 0.353 e. The second-order valence-corrected chi connectivity index (χ2v) is 7.42. The standard InChI is InChI=1S/C21H23ClN4O/c22-17-7-5-6-16(12-17)20(25-10-3-4-11-25)13-23-21(27)14-26-15-24-18-8-1-2-9-19(18)26/h1-2,5-9,12,15,20H,3-4,10-11,13-14H2,(H,23,27). The van der Waals surface area contributed by atoms with E-state index in [0.29, 0.717) is 6.54 Å². The molecule has 1 aliphatic rings. The Hall–Kier alpha value is -2.37. The van der Waals surface area contributed by atoms with Gasteiger partial charge in [-0.05, 0) is 55.8 Å². The van der Waals surface area contributed by atoms with Gasteiger partial charge in [0.05, 0.1) is 23.4 Å². The average Bonchev–Trinajstić information content (AvgIpc) is 3.33. The van der Waals surface area contributed by atoms with E-state index in [9.17, 15) is 4.79 Å². The molecule has 1 fully saturated rings. The van der Waals surface area contributed by atoms with E-state index in [1.807, 2.05) is 47.0 Å². The van der Waals surface area contributed by atoms with E-state index in [-0.39, 0.29) is 18.5 Å². The maximum Gasteiger partial charge on any atom is 0.240 e. The highest BCUT2D eigenvalue weighted by Crippen LogP contribution is 2.26. The summed E-state index contributed by atoms with van der Waals surface area (Å²) in [6.07, 6.45) is 4.12. The molecule has 0 aliphatic carbocycles. The molecule has 2 heterocycles. The number of para-hydroxylation sites is 2. The average molecular weight is 383 g/mol. The van der Waals surface area contributed by atoms with E-state index in [0.717, 1.165) is 34.7 Å². The van der Waals surface area contributed by atoms with Gasteiger partial charge >= 0.3 is 0 Å². The summed E-state index contributed by atoms with van der Waals surface area (Å²) in [5, 5.41) is 3.84. The van der Waals surface area contributed by atoms with Crippen molar-refractivity contribution >= 4 is 28.5 Å². The smallest absolute Gasteiger partial charge is 0.240 e. The number of hydrogen-bond donors (Lipinski definition) is 1. The summed E-state index contributed by atoms with van der Waals surface area (Å²) in [5.41, 5.74) is 3.02. The predicted molar refractivity (Wildman–Crippen MR) is 108 cm³/mol. The Morgan fingerprint density at radius 2 is 1.96 bits per heavy atom. The monoisotopic (exact) mass is 382 g/mol. The van der Waals surface area contributed by atoms with Crippen molar-refractivity contribution in [2.75, 3.05) is 19.6 Å². The van der Waals surface area contributed by atoms with E-state index < -0.39 is 0 Å². The van der Waals surface area contributed by atoms with Gasteiger partial charge in [-0.25, -0.2) is 4.98 Å². The predicted octanol–water partition coefficient (Wildman–Crippen LogP) is 3.64. The molecular formula is C21H23ClN4O. The van der Waals surface area contributed by atoms with Crippen LogP contribution in [0.2, 0.25) is 5.02 Å². The van der Waals surface area contributed by atoms with Crippen LogP contribution in [0, 0.1) is 0 Å². The van der Waals surface area contributed by atoms with E-state index in [1.54, 1.807) is 6.33 Å². The maximum absolute atomic E-state index is 12.6. The summed E-state index contributed by atoms with van der Waals surface area (Å²) in [5.74, 6) is -0.00984. The van der Waals surface area contributed by atoms with Crippen LogP contribution in [0.1, 0.15) is 24.4 Å². The van der Waals surface area contributed by atoms with Crippen molar-refractivity contribution in [3.8, 4) is 0 Å². The third-order valence-electron chi connectivity index (χ3n) is 5.15. The number of nitrogens with one attached hydrogen (secondary N) is 1. The molecule has 5 nitrogen and oxygen atoms in total. The Bertz CT molecular complexity index is 933. The van der Waals surface area contributed by atoms with Crippen LogP contribution < -0.4 is 5.32 Å². The molecule has 1 N–H and O–H groups in total. The molecule has 0 saturated carbocycles. The summed E-state index contributed by atoms with van der Waals surface area (Å²) in [4.78, 5) is 19.3. The molecule has 0 bridgehead atoms. The van der Waals surface area contributed by atoms with Crippen LogP contribution in [0.15, 0.2) is 54.9 Å². The van der Waals surface area contributed by atoms with Crippen molar-refractivity contribution < 1.29 is 4.79 Å². The molecule has 0 spiro atoms. The van der Waals surface area contributed by atoms with Crippen molar-refractivity contribution in [1.29, 1.82) is 0 Å². The number of benzene rings is 2. The van der Waals surface area contributed by atoms with Crippen LogP contribution in [0.5, 0.6) is 0 Å². The SMILES string of the molecule is O=C(Cn1cnc2ccccc21)NCC(c1cccc(Cl)c1)N1CCCC1. The lowest BCUT2D eigenvalue weighted by Crippen LogP contribution is -2.38. The molecule has 2 aromatic carbocycles. The van der Waals surface area contributed by atoms with Crippen LogP contribution in [0.3, 0.4) is 0 Å². The van der Waals surface area contributed by atoms with E-state index in [1.165, 1.54) is 12.8 Å². The Morgan fingerprint density at radius 3 is 2.78 bits per heavy atom. The number of aromatic nitrogens is 2. The Kier molecular flexibility index (Phi) is 5.41. The maximum atomic E-state index is 12.6. The van der Waals surface area contributed by atoms with Gasteiger partial charge in [0.1, 0.15) is 6.54 Å². The first-order chi connectivity index (χ1) is 13.2. The molecule has 1 saturated heterocycles. The first kappa shape index (κ1) is 18.0. The number of halogens is 1. The number of hydrogen-bond acceptors (Lipinski definition) is 3. The van der Waals surface area contributed by atoms with Gasteiger partial charge in [-0.15, -0.1) is 0 Å². The summed E-state index contributed by atoms with van der Waals surface area (Å²) in [6, 6.07) is 15.9. The minimum absolute atomic E-state index is 0.00984. The zero-order valence-electron chi connectivity index (χ0n) is 15.1. The van der Waals surface area contributed by atoms with Crippen molar-refractivity contribution in [3.63, 3.8) is 0 Å². The van der Waals surface area contributed by atoms with Crippen LogP contribution in [0.4, 0.5) is 0 Å². The second kappa shape index (κ2) is 8.11. The second-order valence-electron chi connectivity index (χ2n) is 6.98. The molecule has 1 aromatic heterocycles. The molecule has 1 atom stereocenters. The molecule has 0 radical (unpaired) electrons. The lowest BCUT2D eigenvalue weighted by molar-refractivity contribution is -0.121. The molecule has 4 rings (SSSR count). The molecule has 3 aromatic rings. The van der Waals surface area contributed by atoms with Crippen molar-refractivity contribution in [3.05, 3.63) is 65.4 Å². The summed E-state index contributed by atoms with van der Waals surface area (Å²) < 4.78 is 1.88. The van der Waals surface area contributed by atoms with Gasteiger partial charge in [-0.1, -0.05) is 35.9 Å². The van der Waals surface area contributed by atoms with Crippen LogP contribution in [-0.2, 0) is 11.3 Å². The molecule has 140 valence electrons. The zero-order valence-corrected chi connectivity index (χ0v) is 15.9. The molecule has 1 unspecified atom stereocenters. The van der Waals surface area contributed by atoms with Gasteiger partial charge in [-0.2, -0.15) is 0 Å². The van der Waals surface area contributed by atoms with Gasteiger partial charge in [0, 0.05) is 11.6 Å². The first-order valence-corrected chi connectivity index (χ1v) is 9.74. The summed E-state index contributed by atoms with van der Waals surface area (Å²) >= 11 is 6.19. The molecule has 1 amide bonds. The molecule has 1 aliphatic heterocycles. The molecular weight excluding hydrogens is 360 g/mol. The van der Waals surface area contributed by atoms with Crippen LogP contribution in [-0.4, -0.2) is 40.0 Å². The number of amides is 1. The minimum Gasteiger partial charge on any atom is -0.353 e. The topological polar surface area (TPSA) is 50.2 Å². The first-order valence-electron chi connectivity index (χ1n) is 9.37. The van der Waals surface area contributed by atoms with Crippen molar-refractivity contribution in [2.24, 2.45) is 0 Å². The fraction of sp³-hybridized carbons (Fsp3) is 0.333. The Morgan fingerprint density at radius 1 is 1.15 bits per heavy atom. The van der Waals surface area contributed by atoms with Crippen molar-refractivity contribution in [2.45, 2.75) is 25.4 Å². The van der Waals surface area contributed by atoms with Crippen molar-refractivity contribution in [1.82, 2.24) is 19.8 Å². The van der Waals surface area contributed by atoms with E-state index in [4.69, 9.17) is 11.6 Å². The molecule has 6 heteroatoms. The quantitative estimate of drug-likeness (QED) is 0.708. The molecule has 27 heavy (non-hydrogen) atoms. The highest BCUT2D eigenvalue weighted by atomic mass is 35.5. The number of fused-ring (bicyclic) bond motifs is 1. The van der Waals surface area contributed by atoms with Gasteiger partial charge in [0.25, 0.3) is 0 Å². The fourth-order valence-corrected chi connectivity index (χ4v) is 3.98. The third-order valence-corrected chi connectivity index (χ3v) is 5.38. The number of nitrogens with zero attached hydrogens (tertiary/aromatic N) is 3. The normalized spacial score (nSPS) is 15.9. The van der Waals surface area contributed by atoms with E-state index >= 15 is 0 Å². The van der Waals surface area contributed by atoms with E-state index in [2.05, 4.69) is 21.3 Å². The number of carbonyl (C=O) groups excluding carboxylic acids is 1. The number of rotatable bonds is 6. The van der Waals surface area contributed by atoms with Gasteiger partial charge in [0.2, 0.25) is 5.91 Å². The van der Waals surface area contributed by atoms with Gasteiger partial charge in [0.15, 0.2) is 0 Å². The summed E-state index contributed by atoms with van der Waals surface area (Å²) in [6.45, 7) is 2.95.